The van der Waals surface area contributed by atoms with E-state index in [2.05, 4.69) is 68.4 Å². The fourth-order valence-electron chi connectivity index (χ4n) is 2.24. The Hall–Kier alpha value is -1.51. The summed E-state index contributed by atoms with van der Waals surface area (Å²) in [6, 6.07) is 15.1. The van der Waals surface area contributed by atoms with Crippen LogP contribution in [0, 0.1) is 6.92 Å². The predicted molar refractivity (Wildman–Crippen MR) is 92.7 cm³/mol. The number of hydrogen-bond acceptors (Lipinski definition) is 2. The predicted octanol–water partition coefficient (Wildman–Crippen LogP) is 4.91. The Bertz CT molecular complexity index is 591. The molecule has 0 unspecified atom stereocenters. The Morgan fingerprint density at radius 1 is 1.10 bits per heavy atom. The zero-order valence-corrected chi connectivity index (χ0v) is 13.9. The van der Waals surface area contributed by atoms with Gasteiger partial charge in [0.15, 0.2) is 0 Å². The number of hydrogen-bond donors (Lipinski definition) is 1. The summed E-state index contributed by atoms with van der Waals surface area (Å²) in [6.07, 6.45) is 0. The van der Waals surface area contributed by atoms with E-state index >= 15 is 0 Å². The summed E-state index contributed by atoms with van der Waals surface area (Å²) in [4.78, 5) is 2.20. The number of nitrogens with zero attached hydrogens (tertiary/aromatic N) is 1. The largest absolute Gasteiger partial charge is 0.344 e. The van der Waals surface area contributed by atoms with Crippen LogP contribution in [-0.2, 0) is 6.54 Å². The first kappa shape index (κ1) is 15.9. The van der Waals surface area contributed by atoms with Crippen molar-refractivity contribution in [1.82, 2.24) is 5.32 Å². The molecule has 0 spiro atoms. The molecular weight excluding hydrogens is 280 g/mol. The van der Waals surface area contributed by atoms with E-state index in [1.54, 1.807) is 0 Å². The molecule has 0 atom stereocenters. The first-order chi connectivity index (χ1) is 9.97. The Morgan fingerprint density at radius 3 is 2.38 bits per heavy atom. The maximum atomic E-state index is 6.16. The average Bonchev–Trinajstić information content (AvgIpc) is 2.45. The van der Waals surface area contributed by atoms with E-state index in [0.717, 1.165) is 11.6 Å². The average molecular weight is 303 g/mol. The topological polar surface area (TPSA) is 15.3 Å². The Kier molecular flexibility index (Phi) is 5.27. The van der Waals surface area contributed by atoms with Crippen molar-refractivity contribution in [2.45, 2.75) is 33.4 Å². The molecule has 2 aromatic carbocycles. The van der Waals surface area contributed by atoms with Gasteiger partial charge in [-0.05, 0) is 42.8 Å². The van der Waals surface area contributed by atoms with Crippen LogP contribution in [-0.4, -0.2) is 13.1 Å². The van der Waals surface area contributed by atoms with Gasteiger partial charge < -0.3 is 10.2 Å². The van der Waals surface area contributed by atoms with Crippen molar-refractivity contribution in [3.8, 4) is 0 Å². The van der Waals surface area contributed by atoms with Gasteiger partial charge in [-0.25, -0.2) is 0 Å². The second kappa shape index (κ2) is 6.97. The van der Waals surface area contributed by atoms with Gasteiger partial charge in [0.2, 0.25) is 0 Å². The molecule has 0 radical (unpaired) electrons. The van der Waals surface area contributed by atoms with Crippen molar-refractivity contribution in [1.29, 1.82) is 0 Å². The van der Waals surface area contributed by atoms with E-state index in [4.69, 9.17) is 11.6 Å². The molecule has 2 nitrogen and oxygen atoms in total. The molecule has 21 heavy (non-hydrogen) atoms. The Balaban J connectivity index is 2.30. The Labute approximate surface area is 132 Å². The molecule has 0 amide bonds. The van der Waals surface area contributed by atoms with Gasteiger partial charge in [-0.3, -0.25) is 0 Å². The second-order valence-corrected chi connectivity index (χ2v) is 6.14. The molecule has 0 aliphatic heterocycles. The highest BCUT2D eigenvalue weighted by Gasteiger charge is 2.10. The smallest absolute Gasteiger partial charge is 0.0454 e. The quantitative estimate of drug-likeness (QED) is 0.844. The van der Waals surface area contributed by atoms with Crippen LogP contribution < -0.4 is 10.2 Å². The minimum Gasteiger partial charge on any atom is -0.344 e. The molecule has 0 bridgehead atoms. The van der Waals surface area contributed by atoms with Crippen LogP contribution in [0.25, 0.3) is 0 Å². The molecule has 0 fully saturated rings. The SMILES string of the molecule is Cc1ccc(N(C)c2ccc(Cl)cc2CNC(C)C)cc1. The van der Waals surface area contributed by atoms with Crippen LogP contribution in [0.5, 0.6) is 0 Å². The third-order valence-corrected chi connectivity index (χ3v) is 3.76. The lowest BCUT2D eigenvalue weighted by Crippen LogP contribution is -2.23. The molecule has 2 rings (SSSR count). The Morgan fingerprint density at radius 2 is 1.76 bits per heavy atom. The van der Waals surface area contributed by atoms with Crippen molar-refractivity contribution >= 4 is 23.0 Å². The van der Waals surface area contributed by atoms with Crippen molar-refractivity contribution in [2.75, 3.05) is 11.9 Å². The van der Waals surface area contributed by atoms with E-state index in [1.165, 1.54) is 22.5 Å². The molecule has 0 saturated heterocycles. The van der Waals surface area contributed by atoms with Crippen molar-refractivity contribution in [3.63, 3.8) is 0 Å². The first-order valence-corrected chi connectivity index (χ1v) is 7.67. The van der Waals surface area contributed by atoms with Crippen LogP contribution in [0.1, 0.15) is 25.0 Å². The highest BCUT2D eigenvalue weighted by molar-refractivity contribution is 6.30. The number of benzene rings is 2. The van der Waals surface area contributed by atoms with E-state index in [0.29, 0.717) is 6.04 Å². The molecule has 0 aliphatic carbocycles. The molecular formula is C18H23ClN2. The van der Waals surface area contributed by atoms with Gasteiger partial charge in [-0.2, -0.15) is 0 Å². The van der Waals surface area contributed by atoms with Crippen molar-refractivity contribution in [2.24, 2.45) is 0 Å². The lowest BCUT2D eigenvalue weighted by atomic mass is 10.1. The minimum absolute atomic E-state index is 0.446. The number of anilines is 2. The summed E-state index contributed by atoms with van der Waals surface area (Å²) in [6.45, 7) is 7.20. The van der Waals surface area contributed by atoms with Crippen LogP contribution in [0.2, 0.25) is 5.02 Å². The van der Waals surface area contributed by atoms with Gasteiger partial charge in [0.1, 0.15) is 0 Å². The van der Waals surface area contributed by atoms with Gasteiger partial charge in [0.25, 0.3) is 0 Å². The van der Waals surface area contributed by atoms with E-state index in [-0.39, 0.29) is 0 Å². The summed E-state index contributed by atoms with van der Waals surface area (Å²) < 4.78 is 0. The third kappa shape index (κ3) is 4.23. The molecule has 0 heterocycles. The van der Waals surface area contributed by atoms with Crippen LogP contribution in [0.3, 0.4) is 0 Å². The number of rotatable bonds is 5. The van der Waals surface area contributed by atoms with Crippen LogP contribution >= 0.6 is 11.6 Å². The molecule has 2 aromatic rings. The third-order valence-electron chi connectivity index (χ3n) is 3.52. The highest BCUT2D eigenvalue weighted by Crippen LogP contribution is 2.29. The summed E-state index contributed by atoms with van der Waals surface area (Å²) >= 11 is 6.16. The van der Waals surface area contributed by atoms with E-state index in [1.807, 2.05) is 12.1 Å². The monoisotopic (exact) mass is 302 g/mol. The lowest BCUT2D eigenvalue weighted by Gasteiger charge is -2.24. The molecule has 0 aromatic heterocycles. The molecule has 112 valence electrons. The van der Waals surface area contributed by atoms with Gasteiger partial charge in [0, 0.05) is 36.0 Å². The van der Waals surface area contributed by atoms with Crippen molar-refractivity contribution < 1.29 is 0 Å². The molecule has 0 saturated carbocycles. The maximum absolute atomic E-state index is 6.16. The van der Waals surface area contributed by atoms with Crippen LogP contribution in [0.15, 0.2) is 42.5 Å². The normalized spacial score (nSPS) is 11.0. The summed E-state index contributed by atoms with van der Waals surface area (Å²) in [5.41, 5.74) is 4.83. The van der Waals surface area contributed by atoms with Crippen molar-refractivity contribution in [3.05, 3.63) is 58.6 Å². The van der Waals surface area contributed by atoms with E-state index < -0.39 is 0 Å². The van der Waals surface area contributed by atoms with Gasteiger partial charge in [-0.1, -0.05) is 43.1 Å². The molecule has 0 aliphatic rings. The number of halogens is 1. The highest BCUT2D eigenvalue weighted by atomic mass is 35.5. The van der Waals surface area contributed by atoms with Gasteiger partial charge in [-0.15, -0.1) is 0 Å². The first-order valence-electron chi connectivity index (χ1n) is 7.29. The zero-order chi connectivity index (χ0) is 15.4. The second-order valence-electron chi connectivity index (χ2n) is 5.70. The molecule has 3 heteroatoms. The van der Waals surface area contributed by atoms with Crippen LogP contribution in [0.4, 0.5) is 11.4 Å². The maximum Gasteiger partial charge on any atom is 0.0454 e. The number of aryl methyl sites for hydroxylation is 1. The summed E-state index contributed by atoms with van der Waals surface area (Å²) in [5, 5.41) is 4.23. The van der Waals surface area contributed by atoms with E-state index in [9.17, 15) is 0 Å². The summed E-state index contributed by atoms with van der Waals surface area (Å²) in [5.74, 6) is 0. The number of nitrogens with one attached hydrogen (secondary N) is 1. The zero-order valence-electron chi connectivity index (χ0n) is 13.2. The molecule has 1 N–H and O–H groups in total. The fraction of sp³-hybridized carbons (Fsp3) is 0.333. The van der Waals surface area contributed by atoms with Gasteiger partial charge >= 0.3 is 0 Å². The standard InChI is InChI=1S/C18H23ClN2/c1-13(2)20-12-15-11-16(19)7-10-18(15)21(4)17-8-5-14(3)6-9-17/h5-11,13,20H,12H2,1-4H3. The fourth-order valence-corrected chi connectivity index (χ4v) is 2.44. The van der Waals surface area contributed by atoms with Gasteiger partial charge in [0.05, 0.1) is 0 Å². The summed E-state index contributed by atoms with van der Waals surface area (Å²) in [7, 11) is 2.09. The lowest BCUT2D eigenvalue weighted by molar-refractivity contribution is 0.589. The minimum atomic E-state index is 0.446.